The predicted octanol–water partition coefficient (Wildman–Crippen LogP) is 6.09. The van der Waals surface area contributed by atoms with Gasteiger partial charge in [0.15, 0.2) is 5.69 Å². The van der Waals surface area contributed by atoms with E-state index in [-0.39, 0.29) is 12.1 Å². The molecule has 7 heteroatoms. The van der Waals surface area contributed by atoms with Crippen molar-refractivity contribution in [3.8, 4) is 23.0 Å². The first kappa shape index (κ1) is 23.4. The van der Waals surface area contributed by atoms with Gasteiger partial charge in [-0.25, -0.2) is 0 Å². The summed E-state index contributed by atoms with van der Waals surface area (Å²) in [6, 6.07) is 18.2. The molecule has 0 spiro atoms. The number of esters is 1. The van der Waals surface area contributed by atoms with E-state index in [0.29, 0.717) is 36.3 Å². The van der Waals surface area contributed by atoms with Crippen molar-refractivity contribution in [2.45, 2.75) is 59.6 Å². The van der Waals surface area contributed by atoms with E-state index >= 15 is 0 Å². The fourth-order valence-corrected chi connectivity index (χ4v) is 3.89. The minimum atomic E-state index is -0.278. The zero-order valence-electron chi connectivity index (χ0n) is 20.3. The first-order valence-electron chi connectivity index (χ1n) is 11.6. The Kier molecular flexibility index (Phi) is 6.91. The van der Waals surface area contributed by atoms with Crippen LogP contribution in [0.4, 0.5) is 0 Å². The molecule has 0 radical (unpaired) electrons. The van der Waals surface area contributed by atoms with E-state index in [1.54, 1.807) is 0 Å². The van der Waals surface area contributed by atoms with Gasteiger partial charge in [0.05, 0.1) is 6.54 Å². The zero-order valence-corrected chi connectivity index (χ0v) is 20.3. The van der Waals surface area contributed by atoms with E-state index in [2.05, 4.69) is 42.2 Å². The van der Waals surface area contributed by atoms with Crippen molar-refractivity contribution >= 4 is 5.97 Å². The molecule has 4 aromatic rings. The van der Waals surface area contributed by atoms with Crippen LogP contribution in [0.5, 0.6) is 0 Å². The maximum absolute atomic E-state index is 11.4. The predicted molar refractivity (Wildman–Crippen MR) is 130 cm³/mol. The summed E-state index contributed by atoms with van der Waals surface area (Å²) in [6.07, 6.45) is 0.464. The molecule has 34 heavy (non-hydrogen) atoms. The van der Waals surface area contributed by atoms with Crippen molar-refractivity contribution < 1.29 is 14.1 Å². The summed E-state index contributed by atoms with van der Waals surface area (Å²) in [6.45, 7) is 10.3. The van der Waals surface area contributed by atoms with Crippen molar-refractivity contribution in [1.29, 1.82) is 0 Å². The molecule has 0 saturated heterocycles. The summed E-state index contributed by atoms with van der Waals surface area (Å²) in [7, 11) is 0. The smallest absolute Gasteiger partial charge is 0.303 e. The van der Waals surface area contributed by atoms with Crippen LogP contribution in [0, 0.1) is 6.92 Å². The average molecular weight is 459 g/mol. The van der Waals surface area contributed by atoms with Gasteiger partial charge in [0.2, 0.25) is 5.82 Å². The molecular weight excluding hydrogens is 428 g/mol. The number of aryl methyl sites for hydroxylation is 1. The highest BCUT2D eigenvalue weighted by molar-refractivity contribution is 5.66. The van der Waals surface area contributed by atoms with Gasteiger partial charge in [0, 0.05) is 18.2 Å². The van der Waals surface area contributed by atoms with E-state index < -0.39 is 0 Å². The van der Waals surface area contributed by atoms with Crippen molar-refractivity contribution in [3.05, 3.63) is 77.0 Å². The molecule has 2 aromatic carbocycles. The molecule has 2 heterocycles. The number of hydrogen-bond donors (Lipinski definition) is 0. The molecule has 0 N–H and O–H groups in total. The van der Waals surface area contributed by atoms with Crippen LogP contribution in [0.1, 0.15) is 68.5 Å². The third-order valence-corrected chi connectivity index (χ3v) is 5.80. The Balaban J connectivity index is 1.53. The fraction of sp³-hybridized carbons (Fsp3) is 0.333. The molecule has 0 bridgehead atoms. The highest BCUT2D eigenvalue weighted by atomic mass is 16.5. The maximum Gasteiger partial charge on any atom is 0.303 e. The quantitative estimate of drug-likeness (QED) is 0.297. The molecule has 1 atom stereocenters. The molecule has 176 valence electrons. The summed E-state index contributed by atoms with van der Waals surface area (Å²) in [5, 5.41) is 8.85. The largest absolute Gasteiger partial charge is 0.458 e. The van der Waals surface area contributed by atoms with E-state index in [0.717, 1.165) is 22.4 Å². The van der Waals surface area contributed by atoms with Crippen molar-refractivity contribution in [1.82, 2.24) is 19.9 Å². The molecular formula is C27H30N4O3. The topological polar surface area (TPSA) is 83.0 Å². The molecule has 2 aromatic heterocycles. The van der Waals surface area contributed by atoms with Gasteiger partial charge >= 0.3 is 5.97 Å². The number of rotatable bonds is 8. The van der Waals surface area contributed by atoms with Crippen LogP contribution in [0.2, 0.25) is 0 Å². The molecule has 0 fully saturated rings. The molecule has 1 unspecified atom stereocenters. The molecule has 0 amide bonds. The number of ether oxygens (including phenoxy) is 1. The summed E-state index contributed by atoms with van der Waals surface area (Å²) >= 11 is 0. The monoisotopic (exact) mass is 458 g/mol. The average Bonchev–Trinajstić information content (AvgIpc) is 3.45. The standard InChI is InChI=1S/C27H30N4O3/c1-6-25(33-19(5)32)23-9-7-8-20(15-23)16-31-18(4)14-24(29-31)27-28-26(30-34-27)22-12-10-21(11-13-22)17(2)3/h7-15,17,25H,6,16H2,1-5H3. The van der Waals surface area contributed by atoms with Crippen molar-refractivity contribution in [3.63, 3.8) is 0 Å². The number of carbonyl (C=O) groups excluding carboxylic acids is 1. The van der Waals surface area contributed by atoms with E-state index in [4.69, 9.17) is 14.4 Å². The second kappa shape index (κ2) is 10.0. The Bertz CT molecular complexity index is 1270. The third kappa shape index (κ3) is 5.25. The van der Waals surface area contributed by atoms with Crippen LogP contribution in [-0.2, 0) is 16.1 Å². The van der Waals surface area contributed by atoms with E-state index in [9.17, 15) is 4.79 Å². The Morgan fingerprint density at radius 1 is 1.09 bits per heavy atom. The molecule has 4 rings (SSSR count). The van der Waals surface area contributed by atoms with Gasteiger partial charge in [-0.1, -0.05) is 74.5 Å². The summed E-state index contributed by atoms with van der Waals surface area (Å²) in [4.78, 5) is 16.0. The molecule has 0 aliphatic carbocycles. The minimum Gasteiger partial charge on any atom is -0.458 e. The number of benzene rings is 2. The second-order valence-electron chi connectivity index (χ2n) is 8.78. The number of nitrogens with zero attached hydrogens (tertiary/aromatic N) is 4. The molecule has 0 aliphatic heterocycles. The van der Waals surface area contributed by atoms with E-state index in [1.807, 2.05) is 54.9 Å². The van der Waals surface area contributed by atoms with Crippen LogP contribution < -0.4 is 0 Å². The highest BCUT2D eigenvalue weighted by Crippen LogP contribution is 2.25. The molecule has 7 nitrogen and oxygen atoms in total. The summed E-state index contributed by atoms with van der Waals surface area (Å²) in [5.41, 5.74) is 5.84. The Morgan fingerprint density at radius 3 is 2.53 bits per heavy atom. The maximum atomic E-state index is 11.4. The Labute approximate surface area is 199 Å². The van der Waals surface area contributed by atoms with Crippen molar-refractivity contribution in [2.75, 3.05) is 0 Å². The lowest BCUT2D eigenvalue weighted by molar-refractivity contribution is -0.146. The lowest BCUT2D eigenvalue weighted by Gasteiger charge is -2.16. The number of carbonyl (C=O) groups is 1. The van der Waals surface area contributed by atoms with Gasteiger partial charge in [-0.05, 0) is 42.0 Å². The lowest BCUT2D eigenvalue weighted by Crippen LogP contribution is -2.09. The fourth-order valence-electron chi connectivity index (χ4n) is 3.89. The first-order valence-corrected chi connectivity index (χ1v) is 11.6. The van der Waals surface area contributed by atoms with Crippen molar-refractivity contribution in [2.24, 2.45) is 0 Å². The van der Waals surface area contributed by atoms with Gasteiger partial charge in [0.25, 0.3) is 5.89 Å². The Hall–Kier alpha value is -3.74. The minimum absolute atomic E-state index is 0.252. The van der Waals surface area contributed by atoms with Gasteiger partial charge in [-0.3, -0.25) is 9.48 Å². The highest BCUT2D eigenvalue weighted by Gasteiger charge is 2.17. The van der Waals surface area contributed by atoms with E-state index in [1.165, 1.54) is 12.5 Å². The normalized spacial score (nSPS) is 12.2. The zero-order chi connectivity index (χ0) is 24.2. The number of hydrogen-bond acceptors (Lipinski definition) is 6. The van der Waals surface area contributed by atoms with Gasteiger partial charge in [-0.15, -0.1) is 0 Å². The Morgan fingerprint density at radius 2 is 1.85 bits per heavy atom. The molecule has 0 aliphatic rings. The lowest BCUT2D eigenvalue weighted by atomic mass is 10.0. The van der Waals surface area contributed by atoms with Crippen LogP contribution in [0.25, 0.3) is 23.0 Å². The molecule has 0 saturated carbocycles. The number of aromatic nitrogens is 4. The second-order valence-corrected chi connectivity index (χ2v) is 8.78. The van der Waals surface area contributed by atoms with Crippen LogP contribution in [0.3, 0.4) is 0 Å². The van der Waals surface area contributed by atoms with Gasteiger partial charge in [0.1, 0.15) is 6.10 Å². The summed E-state index contributed by atoms with van der Waals surface area (Å²) in [5.74, 6) is 1.12. The van der Waals surface area contributed by atoms with Gasteiger partial charge in [-0.2, -0.15) is 10.1 Å². The summed E-state index contributed by atoms with van der Waals surface area (Å²) < 4.78 is 12.9. The third-order valence-electron chi connectivity index (χ3n) is 5.80. The van der Waals surface area contributed by atoms with Crippen LogP contribution in [0.15, 0.2) is 59.1 Å². The van der Waals surface area contributed by atoms with Gasteiger partial charge < -0.3 is 9.26 Å². The first-order chi connectivity index (χ1) is 16.3. The van der Waals surface area contributed by atoms with Crippen LogP contribution in [-0.4, -0.2) is 25.9 Å². The SMILES string of the molecule is CCC(OC(C)=O)c1cccc(Cn2nc(-c3nc(-c4ccc(C(C)C)cc4)no3)cc2C)c1. The van der Waals surface area contributed by atoms with Crippen LogP contribution >= 0.6 is 0 Å².